The first kappa shape index (κ1) is 17.7. The maximum atomic E-state index is 5.76. The molecule has 0 aliphatic heterocycles. The normalized spacial score (nSPS) is 11.5. The standard InChI is InChI=1S/C15H25ClN4O/c1-3-17-15(18-9-5-6-10-21-4-2)20-12-13-7-8-14(16)19-11-13/h7-8,11H,3-6,9-10,12H2,1-2H3,(H2,17,18,20). The summed E-state index contributed by atoms with van der Waals surface area (Å²) in [5.41, 5.74) is 1.04. The van der Waals surface area contributed by atoms with Crippen molar-refractivity contribution >= 4 is 17.6 Å². The molecule has 1 rings (SSSR count). The molecule has 0 radical (unpaired) electrons. The van der Waals surface area contributed by atoms with Crippen LogP contribution < -0.4 is 10.6 Å². The molecule has 1 aromatic rings. The Kier molecular flexibility index (Phi) is 9.57. The largest absolute Gasteiger partial charge is 0.382 e. The summed E-state index contributed by atoms with van der Waals surface area (Å²) in [6.07, 6.45) is 3.87. The first-order chi connectivity index (χ1) is 10.3. The lowest BCUT2D eigenvalue weighted by Crippen LogP contribution is -2.37. The van der Waals surface area contributed by atoms with Gasteiger partial charge in [-0.15, -0.1) is 0 Å². The van der Waals surface area contributed by atoms with Crippen LogP contribution in [0.3, 0.4) is 0 Å². The average molecular weight is 313 g/mol. The zero-order chi connectivity index (χ0) is 15.3. The predicted octanol–water partition coefficient (Wildman–Crippen LogP) is 2.61. The summed E-state index contributed by atoms with van der Waals surface area (Å²) >= 11 is 5.76. The van der Waals surface area contributed by atoms with Crippen molar-refractivity contribution in [3.63, 3.8) is 0 Å². The highest BCUT2D eigenvalue weighted by atomic mass is 35.5. The molecule has 0 fully saturated rings. The molecule has 5 nitrogen and oxygen atoms in total. The summed E-state index contributed by atoms with van der Waals surface area (Å²) in [7, 11) is 0. The number of unbranched alkanes of at least 4 members (excludes halogenated alkanes) is 1. The number of hydrogen-bond acceptors (Lipinski definition) is 3. The van der Waals surface area contributed by atoms with Gasteiger partial charge in [-0.3, -0.25) is 0 Å². The number of rotatable bonds is 9. The van der Waals surface area contributed by atoms with Gasteiger partial charge in [-0.1, -0.05) is 17.7 Å². The molecule has 0 amide bonds. The first-order valence-corrected chi connectivity index (χ1v) is 7.84. The van der Waals surface area contributed by atoms with E-state index in [0.717, 1.165) is 50.7 Å². The summed E-state index contributed by atoms with van der Waals surface area (Å²) in [6, 6.07) is 3.71. The zero-order valence-electron chi connectivity index (χ0n) is 12.9. The van der Waals surface area contributed by atoms with E-state index >= 15 is 0 Å². The van der Waals surface area contributed by atoms with E-state index in [1.54, 1.807) is 12.3 Å². The van der Waals surface area contributed by atoms with Gasteiger partial charge in [-0.25, -0.2) is 9.98 Å². The molecule has 0 saturated heterocycles. The second-order valence-electron chi connectivity index (χ2n) is 4.52. The number of nitrogens with one attached hydrogen (secondary N) is 2. The summed E-state index contributed by atoms with van der Waals surface area (Å²) in [5, 5.41) is 7.05. The molecule has 6 heteroatoms. The molecular formula is C15H25ClN4O. The Labute approximate surface area is 132 Å². The van der Waals surface area contributed by atoms with Crippen molar-refractivity contribution in [2.45, 2.75) is 33.2 Å². The van der Waals surface area contributed by atoms with E-state index in [-0.39, 0.29) is 0 Å². The van der Waals surface area contributed by atoms with Crippen LogP contribution in [0.2, 0.25) is 5.15 Å². The fourth-order valence-corrected chi connectivity index (χ4v) is 1.80. The monoisotopic (exact) mass is 312 g/mol. The predicted molar refractivity (Wildman–Crippen MR) is 87.8 cm³/mol. The van der Waals surface area contributed by atoms with Gasteiger partial charge < -0.3 is 15.4 Å². The van der Waals surface area contributed by atoms with E-state index in [1.807, 2.05) is 13.0 Å². The molecule has 0 aliphatic carbocycles. The Morgan fingerprint density at radius 2 is 2.14 bits per heavy atom. The van der Waals surface area contributed by atoms with Crippen LogP contribution in [-0.2, 0) is 11.3 Å². The number of aliphatic imine (C=N–C) groups is 1. The van der Waals surface area contributed by atoms with Crippen LogP contribution in [0, 0.1) is 0 Å². The molecule has 0 atom stereocenters. The van der Waals surface area contributed by atoms with Crippen LogP contribution in [0.4, 0.5) is 0 Å². The summed E-state index contributed by atoms with van der Waals surface area (Å²) in [5.74, 6) is 0.823. The van der Waals surface area contributed by atoms with Gasteiger partial charge in [0.25, 0.3) is 0 Å². The third kappa shape index (κ3) is 8.52. The summed E-state index contributed by atoms with van der Waals surface area (Å²) in [4.78, 5) is 8.58. The van der Waals surface area contributed by atoms with E-state index in [0.29, 0.717) is 11.7 Å². The van der Waals surface area contributed by atoms with Gasteiger partial charge in [0, 0.05) is 32.5 Å². The van der Waals surface area contributed by atoms with Gasteiger partial charge in [0.2, 0.25) is 0 Å². The SMILES string of the molecule is CCNC(=NCc1ccc(Cl)nc1)NCCCCOCC. The lowest BCUT2D eigenvalue weighted by Gasteiger charge is -2.11. The highest BCUT2D eigenvalue weighted by Gasteiger charge is 1.98. The number of aromatic nitrogens is 1. The number of pyridine rings is 1. The van der Waals surface area contributed by atoms with E-state index in [2.05, 4.69) is 27.5 Å². The summed E-state index contributed by atoms with van der Waals surface area (Å²) in [6.45, 7) is 7.98. The third-order valence-corrected chi connectivity index (χ3v) is 2.99. The molecule has 0 bridgehead atoms. The van der Waals surface area contributed by atoms with Crippen LogP contribution >= 0.6 is 11.6 Å². The molecule has 1 aromatic heterocycles. The maximum absolute atomic E-state index is 5.76. The molecule has 0 aliphatic rings. The second kappa shape index (κ2) is 11.3. The van der Waals surface area contributed by atoms with E-state index in [1.165, 1.54) is 0 Å². The van der Waals surface area contributed by atoms with Crippen LogP contribution in [0.5, 0.6) is 0 Å². The lowest BCUT2D eigenvalue weighted by atomic mass is 10.3. The molecule has 118 valence electrons. The lowest BCUT2D eigenvalue weighted by molar-refractivity contribution is 0.143. The molecule has 0 aromatic carbocycles. The Morgan fingerprint density at radius 3 is 2.81 bits per heavy atom. The fraction of sp³-hybridized carbons (Fsp3) is 0.600. The van der Waals surface area contributed by atoms with Crippen molar-refractivity contribution in [2.24, 2.45) is 4.99 Å². The molecule has 0 saturated carbocycles. The smallest absolute Gasteiger partial charge is 0.191 e. The van der Waals surface area contributed by atoms with Crippen molar-refractivity contribution in [1.82, 2.24) is 15.6 Å². The maximum Gasteiger partial charge on any atom is 0.191 e. The number of hydrogen-bond donors (Lipinski definition) is 2. The van der Waals surface area contributed by atoms with Gasteiger partial charge in [-0.2, -0.15) is 0 Å². The summed E-state index contributed by atoms with van der Waals surface area (Å²) < 4.78 is 5.31. The van der Waals surface area contributed by atoms with Crippen molar-refractivity contribution in [2.75, 3.05) is 26.3 Å². The van der Waals surface area contributed by atoms with Gasteiger partial charge >= 0.3 is 0 Å². The van der Waals surface area contributed by atoms with Gasteiger partial charge in [0.05, 0.1) is 6.54 Å². The van der Waals surface area contributed by atoms with Crippen molar-refractivity contribution in [3.8, 4) is 0 Å². The van der Waals surface area contributed by atoms with Gasteiger partial charge in [0.1, 0.15) is 5.15 Å². The van der Waals surface area contributed by atoms with E-state index in [9.17, 15) is 0 Å². The first-order valence-electron chi connectivity index (χ1n) is 7.46. The number of halogens is 1. The second-order valence-corrected chi connectivity index (χ2v) is 4.90. The van der Waals surface area contributed by atoms with Crippen LogP contribution in [-0.4, -0.2) is 37.2 Å². The van der Waals surface area contributed by atoms with Gasteiger partial charge in [-0.05, 0) is 38.3 Å². The quantitative estimate of drug-likeness (QED) is 0.318. The van der Waals surface area contributed by atoms with Crippen LogP contribution in [0.15, 0.2) is 23.3 Å². The third-order valence-electron chi connectivity index (χ3n) is 2.76. The number of guanidine groups is 1. The molecule has 2 N–H and O–H groups in total. The number of ether oxygens (including phenoxy) is 1. The highest BCUT2D eigenvalue weighted by molar-refractivity contribution is 6.29. The van der Waals surface area contributed by atoms with E-state index in [4.69, 9.17) is 16.3 Å². The average Bonchev–Trinajstić information content (AvgIpc) is 2.49. The highest BCUT2D eigenvalue weighted by Crippen LogP contribution is 2.05. The Balaban J connectivity index is 2.33. The molecule has 0 unspecified atom stereocenters. The zero-order valence-corrected chi connectivity index (χ0v) is 13.6. The van der Waals surface area contributed by atoms with Gasteiger partial charge in [0.15, 0.2) is 5.96 Å². The number of nitrogens with zero attached hydrogens (tertiary/aromatic N) is 2. The topological polar surface area (TPSA) is 58.5 Å². The molecule has 1 heterocycles. The van der Waals surface area contributed by atoms with Crippen LogP contribution in [0.25, 0.3) is 0 Å². The minimum absolute atomic E-state index is 0.502. The van der Waals surface area contributed by atoms with Crippen molar-refractivity contribution < 1.29 is 4.74 Å². The molecule has 0 spiro atoms. The van der Waals surface area contributed by atoms with Crippen molar-refractivity contribution in [3.05, 3.63) is 29.0 Å². The van der Waals surface area contributed by atoms with Crippen molar-refractivity contribution in [1.29, 1.82) is 0 Å². The Hall–Kier alpha value is -1.33. The Bertz CT molecular complexity index is 409. The van der Waals surface area contributed by atoms with Crippen LogP contribution in [0.1, 0.15) is 32.3 Å². The minimum atomic E-state index is 0.502. The minimum Gasteiger partial charge on any atom is -0.382 e. The molecular weight excluding hydrogens is 288 g/mol. The Morgan fingerprint density at radius 1 is 1.29 bits per heavy atom. The molecule has 21 heavy (non-hydrogen) atoms. The van der Waals surface area contributed by atoms with E-state index < -0.39 is 0 Å². The fourth-order valence-electron chi connectivity index (χ4n) is 1.69.